The van der Waals surface area contributed by atoms with Gasteiger partial charge in [-0.05, 0) is 46.3 Å². The van der Waals surface area contributed by atoms with Crippen molar-refractivity contribution >= 4 is 31.8 Å². The van der Waals surface area contributed by atoms with Crippen molar-refractivity contribution < 1.29 is 8.42 Å². The molecule has 0 aliphatic heterocycles. The average molecular weight is 338 g/mol. The van der Waals surface area contributed by atoms with Crippen molar-refractivity contribution in [2.24, 2.45) is 0 Å². The summed E-state index contributed by atoms with van der Waals surface area (Å²) in [4.78, 5) is 3.95. The normalized spacial score (nSPS) is 10.7. The van der Waals surface area contributed by atoms with Crippen molar-refractivity contribution in [1.82, 2.24) is 4.98 Å². The van der Waals surface area contributed by atoms with Crippen LogP contribution < -0.4 is 4.72 Å². The van der Waals surface area contributed by atoms with Crippen LogP contribution in [0, 0.1) is 11.3 Å². The van der Waals surface area contributed by atoms with Gasteiger partial charge in [0, 0.05) is 6.20 Å². The Kier molecular flexibility index (Phi) is 3.83. The molecule has 0 fully saturated rings. The van der Waals surface area contributed by atoms with E-state index in [-0.39, 0.29) is 16.3 Å². The minimum absolute atomic E-state index is 0.0177. The lowest BCUT2D eigenvalue weighted by molar-refractivity contribution is 0.601. The fourth-order valence-corrected chi connectivity index (χ4v) is 2.94. The SMILES string of the molecule is N#Cc1cccc(S(=O)(=O)Nc2ncccc2Br)c1. The van der Waals surface area contributed by atoms with E-state index in [9.17, 15) is 8.42 Å². The van der Waals surface area contributed by atoms with E-state index in [1.807, 2.05) is 6.07 Å². The van der Waals surface area contributed by atoms with Crippen LogP contribution in [-0.4, -0.2) is 13.4 Å². The van der Waals surface area contributed by atoms with Crippen molar-refractivity contribution in [2.45, 2.75) is 4.90 Å². The first kappa shape index (κ1) is 13.5. The number of nitrogens with zero attached hydrogens (tertiary/aromatic N) is 2. The van der Waals surface area contributed by atoms with Crippen LogP contribution in [0.15, 0.2) is 52.0 Å². The summed E-state index contributed by atoms with van der Waals surface area (Å²) >= 11 is 3.21. The Labute approximate surface area is 119 Å². The van der Waals surface area contributed by atoms with Crippen molar-refractivity contribution in [1.29, 1.82) is 5.26 Å². The van der Waals surface area contributed by atoms with E-state index in [0.717, 1.165) is 0 Å². The molecule has 96 valence electrons. The van der Waals surface area contributed by atoms with E-state index in [1.54, 1.807) is 12.1 Å². The lowest BCUT2D eigenvalue weighted by atomic mass is 10.2. The third-order valence-electron chi connectivity index (χ3n) is 2.26. The molecule has 0 atom stereocenters. The van der Waals surface area contributed by atoms with Gasteiger partial charge in [0.2, 0.25) is 0 Å². The first-order valence-electron chi connectivity index (χ1n) is 5.16. The Bertz CT molecular complexity index is 754. The van der Waals surface area contributed by atoms with E-state index in [2.05, 4.69) is 25.6 Å². The first-order valence-corrected chi connectivity index (χ1v) is 7.44. The summed E-state index contributed by atoms with van der Waals surface area (Å²) in [5.74, 6) is 0.199. The number of pyridine rings is 1. The molecule has 0 saturated carbocycles. The van der Waals surface area contributed by atoms with Gasteiger partial charge in [-0.2, -0.15) is 5.26 Å². The molecule has 7 heteroatoms. The lowest BCUT2D eigenvalue weighted by Gasteiger charge is -2.08. The molecule has 2 rings (SSSR count). The van der Waals surface area contributed by atoms with E-state index in [0.29, 0.717) is 4.47 Å². The minimum Gasteiger partial charge on any atom is -0.262 e. The van der Waals surface area contributed by atoms with Crippen molar-refractivity contribution in [2.75, 3.05) is 4.72 Å². The predicted molar refractivity (Wildman–Crippen MR) is 73.9 cm³/mol. The summed E-state index contributed by atoms with van der Waals surface area (Å²) in [6.45, 7) is 0. The highest BCUT2D eigenvalue weighted by molar-refractivity contribution is 9.10. The predicted octanol–water partition coefficient (Wildman–Crippen LogP) is 2.52. The van der Waals surface area contributed by atoms with E-state index in [4.69, 9.17) is 5.26 Å². The van der Waals surface area contributed by atoms with E-state index >= 15 is 0 Å². The highest BCUT2D eigenvalue weighted by Crippen LogP contribution is 2.22. The van der Waals surface area contributed by atoms with Gasteiger partial charge in [0.15, 0.2) is 5.82 Å². The number of rotatable bonds is 3. The van der Waals surface area contributed by atoms with Gasteiger partial charge in [0.25, 0.3) is 10.0 Å². The standard InChI is InChI=1S/C12H8BrN3O2S/c13-11-5-2-6-15-12(11)16-19(17,18)10-4-1-3-9(7-10)8-14/h1-7H,(H,15,16). The highest BCUT2D eigenvalue weighted by Gasteiger charge is 2.16. The maximum atomic E-state index is 12.1. The second-order valence-corrected chi connectivity index (χ2v) is 6.12. The molecule has 1 aromatic carbocycles. The van der Waals surface area contributed by atoms with Crippen LogP contribution in [0.2, 0.25) is 0 Å². The Morgan fingerprint density at radius 1 is 1.26 bits per heavy atom. The molecule has 0 aliphatic rings. The summed E-state index contributed by atoms with van der Waals surface area (Å²) in [6.07, 6.45) is 1.48. The molecule has 1 N–H and O–H groups in total. The molecule has 2 aromatic rings. The van der Waals surface area contributed by atoms with Crippen molar-refractivity contribution in [3.63, 3.8) is 0 Å². The molecule has 0 spiro atoms. The third-order valence-corrected chi connectivity index (χ3v) is 4.24. The van der Waals surface area contributed by atoms with Gasteiger partial charge in [0.1, 0.15) is 0 Å². The molecule has 0 amide bonds. The number of anilines is 1. The molecular formula is C12H8BrN3O2S. The Morgan fingerprint density at radius 3 is 2.74 bits per heavy atom. The molecule has 0 aliphatic carbocycles. The van der Waals surface area contributed by atoms with Crippen LogP contribution in [0.3, 0.4) is 0 Å². The minimum atomic E-state index is -3.76. The summed E-state index contributed by atoms with van der Waals surface area (Å²) < 4.78 is 27.2. The average Bonchev–Trinajstić information content (AvgIpc) is 2.41. The van der Waals surface area contributed by atoms with E-state index in [1.165, 1.54) is 30.5 Å². The van der Waals surface area contributed by atoms with Crippen LogP contribution >= 0.6 is 15.9 Å². The van der Waals surface area contributed by atoms with Crippen LogP contribution in [0.5, 0.6) is 0 Å². The van der Waals surface area contributed by atoms with Gasteiger partial charge in [-0.3, -0.25) is 4.72 Å². The number of benzene rings is 1. The zero-order chi connectivity index (χ0) is 13.9. The van der Waals surface area contributed by atoms with Gasteiger partial charge < -0.3 is 0 Å². The number of sulfonamides is 1. The van der Waals surface area contributed by atoms with Crippen molar-refractivity contribution in [3.05, 3.63) is 52.6 Å². The molecule has 0 radical (unpaired) electrons. The van der Waals surface area contributed by atoms with Crippen LogP contribution in [-0.2, 0) is 10.0 Å². The Morgan fingerprint density at radius 2 is 2.05 bits per heavy atom. The van der Waals surface area contributed by atoms with Gasteiger partial charge >= 0.3 is 0 Å². The van der Waals surface area contributed by atoms with E-state index < -0.39 is 10.0 Å². The fourth-order valence-electron chi connectivity index (χ4n) is 1.38. The van der Waals surface area contributed by atoms with Gasteiger partial charge in [-0.1, -0.05) is 6.07 Å². The second-order valence-electron chi connectivity index (χ2n) is 3.58. The first-order chi connectivity index (χ1) is 9.03. The Hall–Kier alpha value is -1.91. The molecular weight excluding hydrogens is 330 g/mol. The number of hydrogen-bond acceptors (Lipinski definition) is 4. The number of halogens is 1. The maximum absolute atomic E-state index is 12.1. The zero-order valence-electron chi connectivity index (χ0n) is 9.54. The monoisotopic (exact) mass is 337 g/mol. The molecule has 1 aromatic heterocycles. The fraction of sp³-hybridized carbons (Fsp3) is 0. The number of nitrogens with one attached hydrogen (secondary N) is 1. The van der Waals surface area contributed by atoms with Crippen LogP contribution in [0.25, 0.3) is 0 Å². The second kappa shape index (κ2) is 5.38. The largest absolute Gasteiger partial charge is 0.263 e. The number of hydrogen-bond donors (Lipinski definition) is 1. The molecule has 0 bridgehead atoms. The zero-order valence-corrected chi connectivity index (χ0v) is 11.9. The highest BCUT2D eigenvalue weighted by atomic mass is 79.9. The lowest BCUT2D eigenvalue weighted by Crippen LogP contribution is -2.14. The number of nitriles is 1. The van der Waals surface area contributed by atoms with Crippen molar-refractivity contribution in [3.8, 4) is 6.07 Å². The smallest absolute Gasteiger partial charge is 0.262 e. The molecule has 1 heterocycles. The van der Waals surface area contributed by atoms with Gasteiger partial charge in [-0.15, -0.1) is 0 Å². The molecule has 0 unspecified atom stereocenters. The Balaban J connectivity index is 2.39. The molecule has 5 nitrogen and oxygen atoms in total. The molecule has 19 heavy (non-hydrogen) atoms. The van der Waals surface area contributed by atoms with Crippen LogP contribution in [0.4, 0.5) is 5.82 Å². The summed E-state index contributed by atoms with van der Waals surface area (Å²) in [5.41, 5.74) is 0.281. The summed E-state index contributed by atoms with van der Waals surface area (Å²) in [7, 11) is -3.76. The topological polar surface area (TPSA) is 82.8 Å². The van der Waals surface area contributed by atoms with Gasteiger partial charge in [-0.25, -0.2) is 13.4 Å². The molecule has 0 saturated heterocycles. The number of aromatic nitrogens is 1. The summed E-state index contributed by atoms with van der Waals surface area (Å²) in [5, 5.41) is 8.78. The third kappa shape index (κ3) is 3.10. The summed E-state index contributed by atoms with van der Waals surface area (Å²) in [6, 6.07) is 11.0. The maximum Gasteiger partial charge on any atom is 0.263 e. The quantitative estimate of drug-likeness (QED) is 0.932. The van der Waals surface area contributed by atoms with Gasteiger partial charge in [0.05, 0.1) is 21.0 Å². The van der Waals surface area contributed by atoms with Crippen LogP contribution in [0.1, 0.15) is 5.56 Å².